The molecule has 3 atom stereocenters. The van der Waals surface area contributed by atoms with Crippen LogP contribution in [0.2, 0.25) is 18.1 Å². The van der Waals surface area contributed by atoms with Crippen molar-refractivity contribution in [1.29, 1.82) is 0 Å². The molecule has 1 fully saturated rings. The third kappa shape index (κ3) is 4.10. The normalized spacial score (nSPS) is 22.5. The molecule has 0 radical (unpaired) electrons. The summed E-state index contributed by atoms with van der Waals surface area (Å²) in [5.74, 6) is -0.309. The van der Waals surface area contributed by atoms with Crippen molar-refractivity contribution in [2.75, 3.05) is 0 Å². The fourth-order valence-corrected chi connectivity index (χ4v) is 5.00. The number of β-lactam (4-membered cyclic amide) rings is 1. The van der Waals surface area contributed by atoms with Crippen molar-refractivity contribution in [3.05, 3.63) is 35.9 Å². The van der Waals surface area contributed by atoms with E-state index in [-0.39, 0.29) is 33.5 Å². The van der Waals surface area contributed by atoms with E-state index in [4.69, 9.17) is 4.43 Å². The first-order chi connectivity index (χ1) is 11.0. The number of thioether (sulfide) groups is 1. The average Bonchev–Trinajstić information content (AvgIpc) is 2.45. The SMILES string of the molecule is CC(O[Si](C)(C)C(C)(C)C)[C@@H]1C(=O)N[C@@H]1SC(=O)c1ccccc1. The van der Waals surface area contributed by atoms with Crippen molar-refractivity contribution in [3.8, 4) is 0 Å². The Hall–Kier alpha value is -1.11. The topological polar surface area (TPSA) is 55.4 Å². The van der Waals surface area contributed by atoms with Crippen LogP contribution >= 0.6 is 11.8 Å². The Morgan fingerprint density at radius 3 is 2.33 bits per heavy atom. The third-order valence-corrected chi connectivity index (χ3v) is 10.6. The maximum Gasteiger partial charge on any atom is 0.229 e. The van der Waals surface area contributed by atoms with Gasteiger partial charge in [-0.1, -0.05) is 62.9 Å². The molecule has 1 aliphatic rings. The fourth-order valence-electron chi connectivity index (χ4n) is 2.40. The molecule has 0 aromatic heterocycles. The Morgan fingerprint density at radius 1 is 1.25 bits per heavy atom. The summed E-state index contributed by atoms with van der Waals surface area (Å²) < 4.78 is 6.35. The summed E-state index contributed by atoms with van der Waals surface area (Å²) in [5.41, 5.74) is 0.653. The highest BCUT2D eigenvalue weighted by atomic mass is 32.2. The summed E-state index contributed by atoms with van der Waals surface area (Å²) in [6.07, 6.45) is -0.194. The van der Waals surface area contributed by atoms with Crippen molar-refractivity contribution in [1.82, 2.24) is 5.32 Å². The highest BCUT2D eigenvalue weighted by molar-refractivity contribution is 8.14. The van der Waals surface area contributed by atoms with Gasteiger partial charge < -0.3 is 9.74 Å². The van der Waals surface area contributed by atoms with E-state index in [1.165, 1.54) is 11.8 Å². The molecule has 24 heavy (non-hydrogen) atoms. The summed E-state index contributed by atoms with van der Waals surface area (Å²) in [4.78, 5) is 24.4. The maximum absolute atomic E-state index is 12.3. The first-order valence-electron chi connectivity index (χ1n) is 8.27. The molecule has 1 saturated heterocycles. The average molecular weight is 366 g/mol. The lowest BCUT2D eigenvalue weighted by atomic mass is 9.96. The van der Waals surface area contributed by atoms with Crippen LogP contribution in [0.4, 0.5) is 0 Å². The van der Waals surface area contributed by atoms with Crippen LogP contribution in [-0.2, 0) is 9.22 Å². The van der Waals surface area contributed by atoms with E-state index in [1.807, 2.05) is 25.1 Å². The second kappa shape index (κ2) is 7.02. The third-order valence-electron chi connectivity index (χ3n) is 4.95. The van der Waals surface area contributed by atoms with Gasteiger partial charge in [0.2, 0.25) is 11.0 Å². The van der Waals surface area contributed by atoms with E-state index in [1.54, 1.807) is 12.1 Å². The number of amides is 1. The highest BCUT2D eigenvalue weighted by Crippen LogP contribution is 2.40. The van der Waals surface area contributed by atoms with Crippen molar-refractivity contribution in [2.24, 2.45) is 5.92 Å². The number of rotatable bonds is 5. The largest absolute Gasteiger partial charge is 0.413 e. The van der Waals surface area contributed by atoms with Gasteiger partial charge in [-0.15, -0.1) is 0 Å². The first kappa shape index (κ1) is 19.2. The Balaban J connectivity index is 2.02. The zero-order valence-corrected chi connectivity index (χ0v) is 17.1. The minimum atomic E-state index is -1.95. The molecule has 6 heteroatoms. The lowest BCUT2D eigenvalue weighted by Crippen LogP contribution is -2.62. The summed E-state index contributed by atoms with van der Waals surface area (Å²) in [7, 11) is -1.95. The van der Waals surface area contributed by atoms with Crippen LogP contribution in [-0.4, -0.2) is 30.8 Å². The van der Waals surface area contributed by atoms with Gasteiger partial charge >= 0.3 is 0 Å². The predicted octanol–water partition coefficient (Wildman–Crippen LogP) is 4.04. The standard InChI is InChI=1S/C18H27NO3SSi/c1-12(22-24(5,6)18(2,3)4)14-15(20)19-16(14)23-17(21)13-10-8-7-9-11-13/h7-12,14,16H,1-6H3,(H,19,20)/t12?,14-,16-/m1/s1. The molecule has 1 amide bonds. The van der Waals surface area contributed by atoms with Crippen molar-refractivity contribution in [3.63, 3.8) is 0 Å². The predicted molar refractivity (Wildman–Crippen MR) is 102 cm³/mol. The van der Waals surface area contributed by atoms with Crippen molar-refractivity contribution in [2.45, 2.75) is 57.3 Å². The molecule has 1 aromatic carbocycles. The van der Waals surface area contributed by atoms with Gasteiger partial charge in [0, 0.05) is 5.56 Å². The van der Waals surface area contributed by atoms with E-state index in [9.17, 15) is 9.59 Å². The molecular weight excluding hydrogens is 338 g/mol. The van der Waals surface area contributed by atoms with Gasteiger partial charge in [0.05, 0.1) is 17.4 Å². The van der Waals surface area contributed by atoms with Crippen LogP contribution in [0, 0.1) is 5.92 Å². The molecule has 0 aliphatic carbocycles. The van der Waals surface area contributed by atoms with Gasteiger partial charge in [-0.3, -0.25) is 9.59 Å². The Bertz CT molecular complexity index is 612. The summed E-state index contributed by atoms with van der Waals surface area (Å²) in [6.45, 7) is 12.8. The number of hydrogen-bond donors (Lipinski definition) is 1. The first-order valence-corrected chi connectivity index (χ1v) is 12.1. The van der Waals surface area contributed by atoms with Crippen LogP contribution in [0.5, 0.6) is 0 Å². The zero-order chi connectivity index (χ0) is 18.1. The van der Waals surface area contributed by atoms with Gasteiger partial charge in [0.15, 0.2) is 8.32 Å². The lowest BCUT2D eigenvalue weighted by molar-refractivity contribution is -0.136. The van der Waals surface area contributed by atoms with E-state index >= 15 is 0 Å². The molecule has 0 bridgehead atoms. The van der Waals surface area contributed by atoms with E-state index in [2.05, 4.69) is 39.2 Å². The number of benzene rings is 1. The molecule has 132 valence electrons. The van der Waals surface area contributed by atoms with E-state index in [0.29, 0.717) is 5.56 Å². The lowest BCUT2D eigenvalue weighted by Gasteiger charge is -2.44. The van der Waals surface area contributed by atoms with Gasteiger partial charge in [-0.05, 0) is 25.1 Å². The molecule has 1 aliphatic heterocycles. The Labute approximate surface area is 149 Å². The smallest absolute Gasteiger partial charge is 0.229 e. The number of nitrogens with one attached hydrogen (secondary N) is 1. The van der Waals surface area contributed by atoms with Crippen LogP contribution < -0.4 is 5.32 Å². The molecule has 4 nitrogen and oxygen atoms in total. The van der Waals surface area contributed by atoms with Gasteiger partial charge in [0.25, 0.3) is 0 Å². The van der Waals surface area contributed by atoms with Crippen LogP contribution in [0.3, 0.4) is 0 Å². The quantitative estimate of drug-likeness (QED) is 0.632. The minimum Gasteiger partial charge on any atom is -0.413 e. The highest BCUT2D eigenvalue weighted by Gasteiger charge is 2.48. The van der Waals surface area contributed by atoms with Gasteiger partial charge in [-0.25, -0.2) is 0 Å². The molecule has 1 heterocycles. The van der Waals surface area contributed by atoms with E-state index in [0.717, 1.165) is 0 Å². The van der Waals surface area contributed by atoms with Crippen LogP contribution in [0.25, 0.3) is 0 Å². The summed E-state index contributed by atoms with van der Waals surface area (Å²) >= 11 is 1.18. The molecule has 1 aromatic rings. The zero-order valence-electron chi connectivity index (χ0n) is 15.3. The van der Waals surface area contributed by atoms with Crippen LogP contribution in [0.1, 0.15) is 38.1 Å². The summed E-state index contributed by atoms with van der Waals surface area (Å²) in [5, 5.41) is 2.68. The second-order valence-electron chi connectivity index (χ2n) is 7.81. The van der Waals surface area contributed by atoms with Crippen molar-refractivity contribution < 1.29 is 14.0 Å². The van der Waals surface area contributed by atoms with Crippen LogP contribution in [0.15, 0.2) is 30.3 Å². The number of carbonyl (C=O) groups excluding carboxylic acids is 2. The summed E-state index contributed by atoms with van der Waals surface area (Å²) in [6, 6.07) is 9.15. The van der Waals surface area contributed by atoms with Gasteiger partial charge in [-0.2, -0.15) is 0 Å². The van der Waals surface area contributed by atoms with E-state index < -0.39 is 8.32 Å². The monoisotopic (exact) mass is 365 g/mol. The molecule has 2 rings (SSSR count). The molecular formula is C18H27NO3SSi. The molecule has 1 unspecified atom stereocenters. The Kier molecular flexibility index (Phi) is 5.62. The van der Waals surface area contributed by atoms with Gasteiger partial charge in [0.1, 0.15) is 0 Å². The molecule has 0 saturated carbocycles. The fraction of sp³-hybridized carbons (Fsp3) is 0.556. The number of hydrogen-bond acceptors (Lipinski definition) is 4. The molecule has 1 N–H and O–H groups in total. The minimum absolute atomic E-state index is 0.0230. The maximum atomic E-state index is 12.3. The second-order valence-corrected chi connectivity index (χ2v) is 13.7. The molecule has 0 spiro atoms. The Morgan fingerprint density at radius 2 is 1.83 bits per heavy atom. The number of carbonyl (C=O) groups is 2. The van der Waals surface area contributed by atoms with Crippen molar-refractivity contribution >= 4 is 31.1 Å².